The van der Waals surface area contributed by atoms with Crippen molar-refractivity contribution in [3.63, 3.8) is 0 Å². The fraction of sp³-hybridized carbons (Fsp3) is 0.550. The summed E-state index contributed by atoms with van der Waals surface area (Å²) in [7, 11) is 0. The van der Waals surface area contributed by atoms with Crippen molar-refractivity contribution in [3.05, 3.63) is 40.9 Å². The summed E-state index contributed by atoms with van der Waals surface area (Å²) >= 11 is 0.300. The summed E-state index contributed by atoms with van der Waals surface area (Å²) < 4.78 is 2.71. The Kier molecular flexibility index (Phi) is 11.1. The minimum atomic E-state index is 0.187. The molecule has 0 aliphatic carbocycles. The first kappa shape index (κ1) is 19.2. The first-order valence-electron chi connectivity index (χ1n) is 8.66. The zero-order chi connectivity index (χ0) is 16.0. The summed E-state index contributed by atoms with van der Waals surface area (Å²) in [6.07, 6.45) is 13.7. The summed E-state index contributed by atoms with van der Waals surface area (Å²) in [5.41, 5.74) is 0. The van der Waals surface area contributed by atoms with Crippen LogP contribution in [0.4, 0.5) is 0 Å². The molecular weight excluding hydrogens is 335 g/mol. The van der Waals surface area contributed by atoms with Crippen molar-refractivity contribution in [1.82, 2.24) is 0 Å². The normalized spacial score (nSPS) is 11.6. The number of hydrogen-bond donors (Lipinski definition) is 0. The Balaban J connectivity index is 2.27. The van der Waals surface area contributed by atoms with Gasteiger partial charge in [0, 0.05) is 0 Å². The van der Waals surface area contributed by atoms with Crippen LogP contribution in [0.1, 0.15) is 71.6 Å². The van der Waals surface area contributed by atoms with Crippen LogP contribution in [0.3, 0.4) is 0 Å². The third kappa shape index (κ3) is 9.97. The second kappa shape index (κ2) is 12.7. The Morgan fingerprint density at radius 3 is 2.14 bits per heavy atom. The van der Waals surface area contributed by atoms with Gasteiger partial charge in [-0.1, -0.05) is 0 Å². The standard InChI is InChI=1S/C20H30OSe/c1-3-4-5-6-7-8-9-11-16-20(17-18(2)21)22-19-14-12-10-13-15-19/h10,12-15,17H,3-9,11,16H2,1-2H3/b20-17+. The van der Waals surface area contributed by atoms with Crippen molar-refractivity contribution < 1.29 is 4.79 Å². The second-order valence-corrected chi connectivity index (χ2v) is 8.38. The summed E-state index contributed by atoms with van der Waals surface area (Å²) in [6, 6.07) is 10.5. The molecule has 0 aromatic heterocycles. The van der Waals surface area contributed by atoms with Crippen molar-refractivity contribution in [2.75, 3.05) is 0 Å². The second-order valence-electron chi connectivity index (χ2n) is 5.86. The van der Waals surface area contributed by atoms with Gasteiger partial charge in [0.05, 0.1) is 0 Å². The van der Waals surface area contributed by atoms with Gasteiger partial charge in [-0.25, -0.2) is 0 Å². The summed E-state index contributed by atoms with van der Waals surface area (Å²) in [5, 5.41) is 0. The van der Waals surface area contributed by atoms with Gasteiger partial charge in [-0.15, -0.1) is 0 Å². The summed E-state index contributed by atoms with van der Waals surface area (Å²) in [4.78, 5) is 11.4. The molecule has 0 radical (unpaired) electrons. The first-order valence-corrected chi connectivity index (χ1v) is 10.4. The van der Waals surface area contributed by atoms with Gasteiger partial charge >= 0.3 is 143 Å². The molecule has 0 N–H and O–H groups in total. The van der Waals surface area contributed by atoms with Gasteiger partial charge < -0.3 is 0 Å². The number of rotatable bonds is 12. The SMILES string of the molecule is CCCCCCCCCC/C(=C\C(C)=O)[Se]c1ccccc1. The quantitative estimate of drug-likeness (QED) is 0.289. The molecular formula is C20H30OSe. The maximum atomic E-state index is 11.4. The number of benzene rings is 1. The number of hydrogen-bond acceptors (Lipinski definition) is 1. The number of unbranched alkanes of at least 4 members (excludes halogenated alkanes) is 7. The van der Waals surface area contributed by atoms with E-state index in [0.717, 1.165) is 6.42 Å². The molecule has 1 aromatic rings. The van der Waals surface area contributed by atoms with Gasteiger partial charge in [0.25, 0.3) is 0 Å². The van der Waals surface area contributed by atoms with Gasteiger partial charge in [0.1, 0.15) is 0 Å². The molecule has 0 spiro atoms. The minimum absolute atomic E-state index is 0.187. The number of carbonyl (C=O) groups excluding carboxylic acids is 1. The fourth-order valence-corrected chi connectivity index (χ4v) is 4.69. The van der Waals surface area contributed by atoms with Crippen molar-refractivity contribution >= 4 is 25.2 Å². The van der Waals surface area contributed by atoms with Crippen LogP contribution in [-0.4, -0.2) is 20.7 Å². The maximum absolute atomic E-state index is 11.4. The molecule has 22 heavy (non-hydrogen) atoms. The van der Waals surface area contributed by atoms with Crippen molar-refractivity contribution in [2.24, 2.45) is 0 Å². The molecule has 0 saturated carbocycles. The predicted octanol–water partition coefficient (Wildman–Crippen LogP) is 5.02. The molecule has 0 aliphatic heterocycles. The molecule has 1 aromatic carbocycles. The van der Waals surface area contributed by atoms with Crippen LogP contribution >= 0.6 is 0 Å². The molecule has 0 bridgehead atoms. The molecule has 0 saturated heterocycles. The van der Waals surface area contributed by atoms with Gasteiger partial charge in [-0.2, -0.15) is 0 Å². The molecule has 0 unspecified atom stereocenters. The topological polar surface area (TPSA) is 17.1 Å². The van der Waals surface area contributed by atoms with E-state index in [1.165, 1.54) is 60.3 Å². The van der Waals surface area contributed by atoms with Crippen LogP contribution in [0.15, 0.2) is 40.9 Å². The van der Waals surface area contributed by atoms with E-state index in [9.17, 15) is 4.79 Å². The van der Waals surface area contributed by atoms with E-state index in [2.05, 4.69) is 31.2 Å². The molecule has 0 atom stereocenters. The van der Waals surface area contributed by atoms with E-state index in [0.29, 0.717) is 15.0 Å². The number of allylic oxidation sites excluding steroid dienone is 2. The monoisotopic (exact) mass is 366 g/mol. The van der Waals surface area contributed by atoms with Crippen molar-refractivity contribution in [1.29, 1.82) is 0 Å². The molecule has 1 nitrogen and oxygen atoms in total. The number of carbonyl (C=O) groups is 1. The molecule has 122 valence electrons. The van der Waals surface area contributed by atoms with Gasteiger partial charge in [0.15, 0.2) is 0 Å². The van der Waals surface area contributed by atoms with Gasteiger partial charge in [0.2, 0.25) is 0 Å². The Hall–Kier alpha value is -0.851. The van der Waals surface area contributed by atoms with Gasteiger partial charge in [-0.3, -0.25) is 0 Å². The zero-order valence-electron chi connectivity index (χ0n) is 14.1. The molecule has 0 heterocycles. The molecule has 0 amide bonds. The summed E-state index contributed by atoms with van der Waals surface area (Å²) in [5.74, 6) is 0.187. The van der Waals surface area contributed by atoms with Crippen molar-refractivity contribution in [3.8, 4) is 0 Å². The van der Waals surface area contributed by atoms with Gasteiger partial charge in [-0.05, 0) is 0 Å². The molecule has 0 fully saturated rings. The van der Waals surface area contributed by atoms with Crippen LogP contribution in [0.5, 0.6) is 0 Å². The van der Waals surface area contributed by atoms with Crippen LogP contribution in [0.25, 0.3) is 0 Å². The predicted molar refractivity (Wildman–Crippen MR) is 97.8 cm³/mol. The molecule has 0 aliphatic rings. The Labute approximate surface area is 142 Å². The van der Waals surface area contributed by atoms with E-state index in [-0.39, 0.29) is 5.78 Å². The average molecular weight is 365 g/mol. The molecule has 1 rings (SSSR count). The Morgan fingerprint density at radius 1 is 0.955 bits per heavy atom. The third-order valence-corrected chi connectivity index (χ3v) is 5.92. The Bertz CT molecular complexity index is 436. The average Bonchev–Trinajstić information content (AvgIpc) is 2.50. The first-order chi connectivity index (χ1) is 10.7. The number of ketones is 1. The van der Waals surface area contributed by atoms with Crippen LogP contribution in [0, 0.1) is 0 Å². The van der Waals surface area contributed by atoms with Crippen LogP contribution in [0.2, 0.25) is 0 Å². The third-order valence-electron chi connectivity index (χ3n) is 3.63. The fourth-order valence-electron chi connectivity index (χ4n) is 2.45. The van der Waals surface area contributed by atoms with E-state index >= 15 is 0 Å². The Morgan fingerprint density at radius 2 is 1.55 bits per heavy atom. The van der Waals surface area contributed by atoms with E-state index < -0.39 is 0 Å². The zero-order valence-corrected chi connectivity index (χ0v) is 15.9. The van der Waals surface area contributed by atoms with Crippen molar-refractivity contribution in [2.45, 2.75) is 71.6 Å². The molecule has 2 heteroatoms. The van der Waals surface area contributed by atoms with E-state index in [4.69, 9.17) is 0 Å². The summed E-state index contributed by atoms with van der Waals surface area (Å²) in [6.45, 7) is 3.92. The van der Waals surface area contributed by atoms with Crippen LogP contribution < -0.4 is 4.46 Å². The van der Waals surface area contributed by atoms with Crippen LogP contribution in [-0.2, 0) is 4.79 Å². The van der Waals surface area contributed by atoms with E-state index in [1.54, 1.807) is 6.92 Å². The van der Waals surface area contributed by atoms with E-state index in [1.807, 2.05) is 12.1 Å².